The molecule has 1 aliphatic carbocycles. The van der Waals surface area contributed by atoms with E-state index in [9.17, 15) is 18.4 Å². The van der Waals surface area contributed by atoms with E-state index in [2.05, 4.69) is 17.0 Å². The third-order valence-corrected chi connectivity index (χ3v) is 4.09. The van der Waals surface area contributed by atoms with Crippen LogP contribution in [0.15, 0.2) is 24.3 Å². The fourth-order valence-corrected chi connectivity index (χ4v) is 2.79. The monoisotopic (exact) mass is 341 g/mol. The molecule has 1 N–H and O–H groups in total. The number of benzene rings is 1. The third-order valence-electron chi connectivity index (χ3n) is 4.09. The van der Waals surface area contributed by atoms with Crippen molar-refractivity contribution in [3.63, 3.8) is 0 Å². The lowest BCUT2D eigenvalue weighted by atomic mass is 9.86. The van der Waals surface area contributed by atoms with Crippen LogP contribution in [0.25, 0.3) is 0 Å². The Balaban J connectivity index is 1.82. The Morgan fingerprint density at radius 2 is 2.04 bits per heavy atom. The number of esters is 1. The van der Waals surface area contributed by atoms with Crippen molar-refractivity contribution in [3.05, 3.63) is 29.8 Å². The third kappa shape index (κ3) is 5.47. The number of nitrogens with one attached hydrogen (secondary N) is 1. The molecule has 0 aromatic heterocycles. The van der Waals surface area contributed by atoms with Gasteiger partial charge in [0.15, 0.2) is 6.61 Å². The van der Waals surface area contributed by atoms with Crippen molar-refractivity contribution in [1.29, 1.82) is 0 Å². The number of rotatable bonds is 6. The quantitative estimate of drug-likeness (QED) is 0.808. The SMILES string of the molecule is C[C@@H]1CCCC[C@@H]1NC(=O)COC(=O)c1cccc(OC(F)F)c1. The summed E-state index contributed by atoms with van der Waals surface area (Å²) in [6, 6.07) is 5.36. The van der Waals surface area contributed by atoms with E-state index in [1.165, 1.54) is 24.6 Å². The minimum Gasteiger partial charge on any atom is -0.452 e. The average Bonchev–Trinajstić information content (AvgIpc) is 2.54. The molecule has 1 fully saturated rings. The van der Waals surface area contributed by atoms with Crippen LogP contribution >= 0.6 is 0 Å². The summed E-state index contributed by atoms with van der Waals surface area (Å²) in [5, 5.41) is 2.87. The van der Waals surface area contributed by atoms with Crippen LogP contribution in [0.5, 0.6) is 5.75 Å². The first-order valence-electron chi connectivity index (χ1n) is 7.97. The maximum atomic E-state index is 12.2. The van der Waals surface area contributed by atoms with Crippen molar-refractivity contribution in [3.8, 4) is 5.75 Å². The molecule has 24 heavy (non-hydrogen) atoms. The maximum absolute atomic E-state index is 12.2. The van der Waals surface area contributed by atoms with Crippen LogP contribution < -0.4 is 10.1 Å². The van der Waals surface area contributed by atoms with E-state index in [1.54, 1.807) is 0 Å². The van der Waals surface area contributed by atoms with Gasteiger partial charge in [0.1, 0.15) is 5.75 Å². The summed E-state index contributed by atoms with van der Waals surface area (Å²) in [4.78, 5) is 23.8. The number of amides is 1. The van der Waals surface area contributed by atoms with Crippen molar-refractivity contribution in [2.75, 3.05) is 6.61 Å². The predicted octanol–water partition coefficient (Wildman–Crippen LogP) is 3.14. The fraction of sp³-hybridized carbons (Fsp3) is 0.529. The normalized spacial score (nSPS) is 20.5. The molecular formula is C17H21F2NO4. The van der Waals surface area contributed by atoms with Crippen LogP contribution in [0.2, 0.25) is 0 Å². The Labute approximate surface area is 139 Å². The second-order valence-electron chi connectivity index (χ2n) is 5.92. The fourth-order valence-electron chi connectivity index (χ4n) is 2.79. The van der Waals surface area contributed by atoms with Gasteiger partial charge in [-0.05, 0) is 37.0 Å². The smallest absolute Gasteiger partial charge is 0.387 e. The molecule has 1 aliphatic rings. The first kappa shape index (κ1) is 18.2. The molecule has 7 heteroatoms. The van der Waals surface area contributed by atoms with Crippen molar-refractivity contribution in [2.24, 2.45) is 5.92 Å². The summed E-state index contributed by atoms with van der Waals surface area (Å²) in [5.41, 5.74) is 0.0481. The highest BCUT2D eigenvalue weighted by molar-refractivity contribution is 5.91. The second-order valence-corrected chi connectivity index (χ2v) is 5.92. The Morgan fingerprint density at radius 1 is 1.29 bits per heavy atom. The lowest BCUT2D eigenvalue weighted by molar-refractivity contribution is -0.125. The van der Waals surface area contributed by atoms with Gasteiger partial charge in [0.05, 0.1) is 5.56 Å². The molecular weight excluding hydrogens is 320 g/mol. The van der Waals surface area contributed by atoms with E-state index in [4.69, 9.17) is 4.74 Å². The molecule has 1 amide bonds. The molecule has 1 aromatic carbocycles. The molecule has 0 unspecified atom stereocenters. The van der Waals surface area contributed by atoms with Gasteiger partial charge in [0, 0.05) is 6.04 Å². The Hall–Kier alpha value is -2.18. The van der Waals surface area contributed by atoms with Crippen molar-refractivity contribution in [2.45, 2.75) is 45.3 Å². The molecule has 1 aromatic rings. The van der Waals surface area contributed by atoms with Crippen LogP contribution in [0.3, 0.4) is 0 Å². The van der Waals surface area contributed by atoms with Gasteiger partial charge in [0.25, 0.3) is 5.91 Å². The highest BCUT2D eigenvalue weighted by Gasteiger charge is 2.23. The minimum absolute atomic E-state index is 0.0481. The Morgan fingerprint density at radius 3 is 2.75 bits per heavy atom. The van der Waals surface area contributed by atoms with Crippen LogP contribution in [0, 0.1) is 5.92 Å². The number of hydrogen-bond acceptors (Lipinski definition) is 4. The molecule has 0 spiro atoms. The molecule has 2 rings (SSSR count). The summed E-state index contributed by atoms with van der Waals surface area (Å²) in [7, 11) is 0. The van der Waals surface area contributed by atoms with Crippen LogP contribution in [-0.4, -0.2) is 31.1 Å². The Kier molecular flexibility index (Phi) is 6.52. The predicted molar refractivity (Wildman–Crippen MR) is 82.9 cm³/mol. The highest BCUT2D eigenvalue weighted by atomic mass is 19.3. The van der Waals surface area contributed by atoms with E-state index < -0.39 is 19.2 Å². The standard InChI is InChI=1S/C17H21F2NO4/c1-11-5-2-3-8-14(11)20-15(21)10-23-16(22)12-6-4-7-13(9-12)24-17(18)19/h4,6-7,9,11,14,17H,2-3,5,8,10H2,1H3,(H,20,21)/t11-,14+/m1/s1. The molecule has 2 atom stereocenters. The Bertz CT molecular complexity index is 579. The lowest BCUT2D eigenvalue weighted by Gasteiger charge is -2.29. The van der Waals surface area contributed by atoms with Gasteiger partial charge in [-0.25, -0.2) is 4.79 Å². The zero-order chi connectivity index (χ0) is 17.5. The summed E-state index contributed by atoms with van der Waals surface area (Å²) in [6.45, 7) is -1.29. The van der Waals surface area contributed by atoms with Gasteiger partial charge >= 0.3 is 12.6 Å². The zero-order valence-electron chi connectivity index (χ0n) is 13.5. The molecule has 0 aliphatic heterocycles. The molecule has 0 bridgehead atoms. The van der Waals surface area contributed by atoms with Crippen LogP contribution in [0.1, 0.15) is 43.0 Å². The second kappa shape index (κ2) is 8.61. The van der Waals surface area contributed by atoms with E-state index in [0.717, 1.165) is 25.3 Å². The molecule has 0 radical (unpaired) electrons. The molecule has 5 nitrogen and oxygen atoms in total. The van der Waals surface area contributed by atoms with Gasteiger partial charge < -0.3 is 14.8 Å². The summed E-state index contributed by atoms with van der Waals surface area (Å²) < 4.78 is 33.5. The largest absolute Gasteiger partial charge is 0.452 e. The van der Waals surface area contributed by atoms with Crippen molar-refractivity contribution >= 4 is 11.9 Å². The molecule has 0 heterocycles. The number of carbonyl (C=O) groups is 2. The number of ether oxygens (including phenoxy) is 2. The van der Waals surface area contributed by atoms with Gasteiger partial charge in [-0.1, -0.05) is 25.8 Å². The van der Waals surface area contributed by atoms with Crippen LogP contribution in [0.4, 0.5) is 8.78 Å². The summed E-state index contributed by atoms with van der Waals surface area (Å²) >= 11 is 0. The lowest BCUT2D eigenvalue weighted by Crippen LogP contribution is -2.42. The topological polar surface area (TPSA) is 64.6 Å². The zero-order valence-corrected chi connectivity index (χ0v) is 13.5. The van der Waals surface area contributed by atoms with Gasteiger partial charge in [-0.3, -0.25) is 4.79 Å². The average molecular weight is 341 g/mol. The highest BCUT2D eigenvalue weighted by Crippen LogP contribution is 2.23. The van der Waals surface area contributed by atoms with Crippen molar-refractivity contribution < 1.29 is 27.8 Å². The first-order chi connectivity index (χ1) is 11.5. The van der Waals surface area contributed by atoms with Gasteiger partial charge in [-0.2, -0.15) is 8.78 Å². The first-order valence-corrected chi connectivity index (χ1v) is 7.97. The molecule has 132 valence electrons. The summed E-state index contributed by atoms with van der Waals surface area (Å²) in [5.74, 6) is -0.856. The summed E-state index contributed by atoms with van der Waals surface area (Å²) in [6.07, 6.45) is 4.24. The van der Waals surface area contributed by atoms with E-state index in [-0.39, 0.29) is 23.3 Å². The van der Waals surface area contributed by atoms with Gasteiger partial charge in [-0.15, -0.1) is 0 Å². The molecule has 1 saturated carbocycles. The van der Waals surface area contributed by atoms with E-state index in [1.807, 2.05) is 0 Å². The number of halogens is 2. The minimum atomic E-state index is -2.97. The molecule has 0 saturated heterocycles. The maximum Gasteiger partial charge on any atom is 0.387 e. The number of alkyl halides is 2. The number of carbonyl (C=O) groups excluding carboxylic acids is 2. The van der Waals surface area contributed by atoms with E-state index in [0.29, 0.717) is 5.92 Å². The van der Waals surface area contributed by atoms with E-state index >= 15 is 0 Å². The van der Waals surface area contributed by atoms with Crippen molar-refractivity contribution in [1.82, 2.24) is 5.32 Å². The number of hydrogen-bond donors (Lipinski definition) is 1. The van der Waals surface area contributed by atoms with Crippen LogP contribution in [-0.2, 0) is 9.53 Å². The van der Waals surface area contributed by atoms with Gasteiger partial charge in [0.2, 0.25) is 0 Å².